The summed E-state index contributed by atoms with van der Waals surface area (Å²) in [6.07, 6.45) is 7.26. The molecule has 1 amide bonds. The van der Waals surface area contributed by atoms with Gasteiger partial charge in [-0.3, -0.25) is 9.69 Å². The Morgan fingerprint density at radius 2 is 1.95 bits per heavy atom. The van der Waals surface area contributed by atoms with Crippen molar-refractivity contribution in [2.24, 2.45) is 0 Å². The lowest BCUT2D eigenvalue weighted by atomic mass is 10.2. The van der Waals surface area contributed by atoms with Gasteiger partial charge in [-0.25, -0.2) is 0 Å². The van der Waals surface area contributed by atoms with Gasteiger partial charge in [-0.2, -0.15) is 0 Å². The van der Waals surface area contributed by atoms with Crippen LogP contribution in [-0.2, 0) is 4.79 Å². The summed E-state index contributed by atoms with van der Waals surface area (Å²) in [4.78, 5) is 16.9. The molecule has 1 atom stereocenters. The zero-order chi connectivity index (χ0) is 13.5. The molecule has 0 aromatic heterocycles. The lowest BCUT2D eigenvalue weighted by Crippen LogP contribution is -2.46. The van der Waals surface area contributed by atoms with Gasteiger partial charge in [-0.15, -0.1) is 12.4 Å². The molecular formula is C15H30ClN3O. The van der Waals surface area contributed by atoms with Crippen molar-refractivity contribution in [3.8, 4) is 0 Å². The van der Waals surface area contributed by atoms with Crippen LogP contribution in [0.15, 0.2) is 0 Å². The van der Waals surface area contributed by atoms with Crippen molar-refractivity contribution in [1.29, 1.82) is 0 Å². The van der Waals surface area contributed by atoms with Crippen LogP contribution in [0.2, 0.25) is 0 Å². The van der Waals surface area contributed by atoms with Gasteiger partial charge in [-0.1, -0.05) is 19.8 Å². The molecule has 2 aliphatic heterocycles. The molecule has 0 bridgehead atoms. The van der Waals surface area contributed by atoms with Crippen molar-refractivity contribution in [3.05, 3.63) is 0 Å². The number of rotatable bonds is 5. The predicted molar refractivity (Wildman–Crippen MR) is 85.4 cm³/mol. The van der Waals surface area contributed by atoms with Gasteiger partial charge in [0.15, 0.2) is 0 Å². The number of hydrogen-bond acceptors (Lipinski definition) is 3. The summed E-state index contributed by atoms with van der Waals surface area (Å²) in [6.45, 7) is 7.97. The topological polar surface area (TPSA) is 35.6 Å². The van der Waals surface area contributed by atoms with Crippen LogP contribution in [0.5, 0.6) is 0 Å². The molecule has 20 heavy (non-hydrogen) atoms. The van der Waals surface area contributed by atoms with E-state index in [1.807, 2.05) is 0 Å². The van der Waals surface area contributed by atoms with Gasteiger partial charge in [0, 0.05) is 25.7 Å². The Hall–Kier alpha value is -0.320. The van der Waals surface area contributed by atoms with E-state index >= 15 is 0 Å². The van der Waals surface area contributed by atoms with Crippen molar-refractivity contribution in [3.63, 3.8) is 0 Å². The van der Waals surface area contributed by atoms with Crippen molar-refractivity contribution < 1.29 is 4.79 Å². The number of likely N-dealkylation sites (tertiary alicyclic amines) is 1. The van der Waals surface area contributed by atoms with Gasteiger partial charge in [-0.05, 0) is 38.8 Å². The number of halogens is 1. The average molecular weight is 304 g/mol. The number of nitrogens with zero attached hydrogens (tertiary/aromatic N) is 2. The molecule has 0 spiro atoms. The van der Waals surface area contributed by atoms with E-state index in [4.69, 9.17) is 0 Å². The van der Waals surface area contributed by atoms with Crippen LogP contribution in [0.25, 0.3) is 0 Å². The Morgan fingerprint density at radius 1 is 1.25 bits per heavy atom. The first-order chi connectivity index (χ1) is 9.31. The van der Waals surface area contributed by atoms with E-state index in [1.165, 1.54) is 32.1 Å². The minimum Gasteiger partial charge on any atom is -0.342 e. The van der Waals surface area contributed by atoms with Gasteiger partial charge < -0.3 is 10.2 Å². The highest BCUT2D eigenvalue weighted by atomic mass is 35.5. The predicted octanol–water partition coefficient (Wildman–Crippen LogP) is 1.88. The van der Waals surface area contributed by atoms with E-state index < -0.39 is 0 Å². The lowest BCUT2D eigenvalue weighted by molar-refractivity contribution is -0.132. The Morgan fingerprint density at radius 3 is 2.50 bits per heavy atom. The largest absolute Gasteiger partial charge is 0.342 e. The maximum atomic E-state index is 12.5. The Kier molecular flexibility index (Phi) is 8.50. The highest BCUT2D eigenvalue weighted by molar-refractivity contribution is 5.85. The van der Waals surface area contributed by atoms with E-state index in [-0.39, 0.29) is 12.4 Å². The fourth-order valence-corrected chi connectivity index (χ4v) is 3.22. The molecule has 4 nitrogen and oxygen atoms in total. The van der Waals surface area contributed by atoms with E-state index in [1.54, 1.807) is 0 Å². The molecule has 0 aliphatic carbocycles. The Bertz CT molecular complexity index is 274. The second-order valence-corrected chi connectivity index (χ2v) is 5.91. The second-order valence-electron chi connectivity index (χ2n) is 5.91. The van der Waals surface area contributed by atoms with Crippen molar-refractivity contribution in [2.75, 3.05) is 39.3 Å². The first-order valence-corrected chi connectivity index (χ1v) is 8.04. The molecule has 1 unspecified atom stereocenters. The molecule has 1 N–H and O–H groups in total. The third-order valence-corrected chi connectivity index (χ3v) is 4.36. The van der Waals surface area contributed by atoms with Crippen LogP contribution in [0.4, 0.5) is 0 Å². The second kappa shape index (κ2) is 9.59. The molecular weight excluding hydrogens is 274 g/mol. The maximum absolute atomic E-state index is 12.5. The third-order valence-electron chi connectivity index (χ3n) is 4.36. The molecule has 2 fully saturated rings. The van der Waals surface area contributed by atoms with E-state index in [0.717, 1.165) is 39.1 Å². The number of amides is 1. The quantitative estimate of drug-likeness (QED) is 0.842. The van der Waals surface area contributed by atoms with Crippen LogP contribution in [-0.4, -0.2) is 61.0 Å². The molecule has 2 aliphatic rings. The Labute approximate surface area is 129 Å². The van der Waals surface area contributed by atoms with Crippen LogP contribution < -0.4 is 5.32 Å². The van der Waals surface area contributed by atoms with Gasteiger partial charge in [0.2, 0.25) is 5.91 Å². The molecule has 5 heteroatoms. The van der Waals surface area contributed by atoms with Gasteiger partial charge in [0.05, 0.1) is 6.54 Å². The van der Waals surface area contributed by atoms with E-state index in [0.29, 0.717) is 18.5 Å². The molecule has 2 heterocycles. The summed E-state index contributed by atoms with van der Waals surface area (Å²) in [5, 5.41) is 3.41. The van der Waals surface area contributed by atoms with Gasteiger partial charge >= 0.3 is 0 Å². The summed E-state index contributed by atoms with van der Waals surface area (Å²) in [7, 11) is 0. The number of carbonyl (C=O) groups excluding carboxylic acids is 1. The highest BCUT2D eigenvalue weighted by Gasteiger charge is 2.25. The van der Waals surface area contributed by atoms with Crippen molar-refractivity contribution in [2.45, 2.75) is 51.5 Å². The van der Waals surface area contributed by atoms with E-state index in [9.17, 15) is 4.79 Å². The minimum atomic E-state index is 0. The minimum absolute atomic E-state index is 0. The zero-order valence-electron chi connectivity index (χ0n) is 12.8. The molecule has 0 aromatic rings. The van der Waals surface area contributed by atoms with Crippen molar-refractivity contribution in [1.82, 2.24) is 15.1 Å². The first-order valence-electron chi connectivity index (χ1n) is 8.04. The molecule has 0 radical (unpaired) electrons. The summed E-state index contributed by atoms with van der Waals surface area (Å²) in [5.74, 6) is 0.349. The van der Waals surface area contributed by atoms with Crippen molar-refractivity contribution >= 4 is 18.3 Å². The maximum Gasteiger partial charge on any atom is 0.236 e. The fourth-order valence-electron chi connectivity index (χ4n) is 3.22. The molecule has 0 saturated carbocycles. The molecule has 2 saturated heterocycles. The molecule has 0 aromatic carbocycles. The summed E-state index contributed by atoms with van der Waals surface area (Å²) < 4.78 is 0. The monoisotopic (exact) mass is 303 g/mol. The van der Waals surface area contributed by atoms with Gasteiger partial charge in [0.1, 0.15) is 0 Å². The zero-order valence-corrected chi connectivity index (χ0v) is 13.6. The fraction of sp³-hybridized carbons (Fsp3) is 0.933. The standard InChI is InChI=1S/C15H29N3O.ClH/c1-2-9-18(14-7-8-16-12-14)13-15(19)17-10-5-3-4-6-11-17;/h14,16H,2-13H2,1H3;1H. The van der Waals surface area contributed by atoms with Crippen LogP contribution in [0.3, 0.4) is 0 Å². The van der Waals surface area contributed by atoms with E-state index in [2.05, 4.69) is 22.0 Å². The van der Waals surface area contributed by atoms with Crippen LogP contribution in [0.1, 0.15) is 45.4 Å². The molecule has 2 rings (SSSR count). The summed E-state index contributed by atoms with van der Waals surface area (Å²) >= 11 is 0. The smallest absolute Gasteiger partial charge is 0.236 e. The number of nitrogens with one attached hydrogen (secondary N) is 1. The first kappa shape index (κ1) is 17.7. The van der Waals surface area contributed by atoms with Crippen LogP contribution >= 0.6 is 12.4 Å². The average Bonchev–Trinajstić information content (AvgIpc) is 2.80. The summed E-state index contributed by atoms with van der Waals surface area (Å²) in [6, 6.07) is 0.566. The third kappa shape index (κ3) is 5.23. The molecule has 118 valence electrons. The number of carbonyl (C=O) groups is 1. The normalized spacial score (nSPS) is 23.5. The highest BCUT2D eigenvalue weighted by Crippen LogP contribution is 2.13. The van der Waals surface area contributed by atoms with Gasteiger partial charge in [0.25, 0.3) is 0 Å². The van der Waals surface area contributed by atoms with Crippen LogP contribution in [0, 0.1) is 0 Å². The lowest BCUT2D eigenvalue weighted by Gasteiger charge is -2.30. The Balaban J connectivity index is 0.00000200. The SMILES string of the molecule is CCCN(CC(=O)N1CCCCCC1)C1CCNC1.Cl. The summed E-state index contributed by atoms with van der Waals surface area (Å²) in [5.41, 5.74) is 0. The number of hydrogen-bond donors (Lipinski definition) is 1.